The normalized spacial score (nSPS) is 10.6. The van der Waals surface area contributed by atoms with Gasteiger partial charge in [0.1, 0.15) is 17.5 Å². The van der Waals surface area contributed by atoms with Gasteiger partial charge < -0.3 is 10.3 Å². The first-order valence-electron chi connectivity index (χ1n) is 6.71. The molecule has 0 atom stereocenters. The van der Waals surface area contributed by atoms with E-state index in [1.165, 1.54) is 6.07 Å². The summed E-state index contributed by atoms with van der Waals surface area (Å²) < 4.78 is 0. The quantitative estimate of drug-likeness (QED) is 0.867. The van der Waals surface area contributed by atoms with E-state index in [0.29, 0.717) is 18.1 Å². The number of rotatable bonds is 5. The predicted molar refractivity (Wildman–Crippen MR) is 77.7 cm³/mol. The maximum Gasteiger partial charge on any atom is 0.251 e. The highest BCUT2D eigenvalue weighted by molar-refractivity contribution is 5.43. The number of nitrogens with one attached hydrogen (secondary N) is 2. The average Bonchev–Trinajstić information content (AvgIpc) is 2.38. The molecular weight excluding hydrogens is 254 g/mol. The zero-order valence-corrected chi connectivity index (χ0v) is 12.0. The molecule has 20 heavy (non-hydrogen) atoms. The molecule has 0 radical (unpaired) electrons. The minimum Gasteiger partial charge on any atom is -0.363 e. The molecule has 6 nitrogen and oxygen atoms in total. The topological polar surface area (TPSA) is 83.6 Å². The van der Waals surface area contributed by atoms with Crippen molar-refractivity contribution in [3.63, 3.8) is 0 Å². The molecule has 106 valence electrons. The highest BCUT2D eigenvalue weighted by Crippen LogP contribution is 2.14. The van der Waals surface area contributed by atoms with Crippen LogP contribution in [0, 0.1) is 13.8 Å². The van der Waals surface area contributed by atoms with Gasteiger partial charge in [0.05, 0.1) is 6.54 Å². The molecule has 2 heterocycles. The minimum atomic E-state index is -0.137. The molecule has 2 rings (SSSR count). The predicted octanol–water partition coefficient (Wildman–Crippen LogP) is 1.74. The number of H-pyrrole nitrogens is 1. The van der Waals surface area contributed by atoms with E-state index in [4.69, 9.17) is 0 Å². The Morgan fingerprint density at radius 1 is 1.30 bits per heavy atom. The first-order chi connectivity index (χ1) is 9.58. The molecule has 0 aliphatic heterocycles. The van der Waals surface area contributed by atoms with Crippen LogP contribution >= 0.6 is 0 Å². The highest BCUT2D eigenvalue weighted by atomic mass is 16.1. The number of nitrogens with zero attached hydrogens (tertiary/aromatic N) is 3. The van der Waals surface area contributed by atoms with E-state index >= 15 is 0 Å². The third-order valence-corrected chi connectivity index (χ3v) is 2.85. The van der Waals surface area contributed by atoms with Crippen molar-refractivity contribution in [2.24, 2.45) is 0 Å². The van der Waals surface area contributed by atoms with Crippen LogP contribution in [0.25, 0.3) is 0 Å². The lowest BCUT2D eigenvalue weighted by Gasteiger charge is -2.10. The van der Waals surface area contributed by atoms with Crippen molar-refractivity contribution in [2.75, 3.05) is 5.32 Å². The number of hydrogen-bond donors (Lipinski definition) is 2. The largest absolute Gasteiger partial charge is 0.363 e. The van der Waals surface area contributed by atoms with E-state index in [-0.39, 0.29) is 5.56 Å². The van der Waals surface area contributed by atoms with E-state index in [9.17, 15) is 4.79 Å². The summed E-state index contributed by atoms with van der Waals surface area (Å²) in [4.78, 5) is 27.0. The molecule has 6 heteroatoms. The summed E-state index contributed by atoms with van der Waals surface area (Å²) >= 11 is 0. The fraction of sp³-hybridized carbons (Fsp3) is 0.429. The average molecular weight is 273 g/mol. The Bertz CT molecular complexity index is 650. The molecule has 0 aliphatic rings. The smallest absolute Gasteiger partial charge is 0.251 e. The molecule has 0 aliphatic carbocycles. The second-order valence-electron chi connectivity index (χ2n) is 4.73. The van der Waals surface area contributed by atoms with Crippen LogP contribution in [0.4, 0.5) is 5.82 Å². The molecule has 0 aromatic carbocycles. The van der Waals surface area contributed by atoms with Gasteiger partial charge in [0.15, 0.2) is 0 Å². The first kappa shape index (κ1) is 14.2. The Kier molecular flexibility index (Phi) is 4.45. The van der Waals surface area contributed by atoms with E-state index in [1.54, 1.807) is 6.92 Å². The van der Waals surface area contributed by atoms with Crippen molar-refractivity contribution in [1.82, 2.24) is 19.9 Å². The van der Waals surface area contributed by atoms with Gasteiger partial charge >= 0.3 is 0 Å². The van der Waals surface area contributed by atoms with Gasteiger partial charge in [-0.1, -0.05) is 13.3 Å². The van der Waals surface area contributed by atoms with Gasteiger partial charge in [0, 0.05) is 23.5 Å². The molecule has 0 saturated carbocycles. The fourth-order valence-corrected chi connectivity index (χ4v) is 1.99. The van der Waals surface area contributed by atoms with Gasteiger partial charge in [-0.25, -0.2) is 15.0 Å². The highest BCUT2D eigenvalue weighted by Gasteiger charge is 2.06. The van der Waals surface area contributed by atoms with Crippen LogP contribution in [0.5, 0.6) is 0 Å². The van der Waals surface area contributed by atoms with Crippen LogP contribution < -0.4 is 10.9 Å². The standard InChI is InChI=1S/C14H19N5O/c1-4-5-11-7-15-10(3)18-14(11)16-8-12-17-9(2)6-13(20)19-12/h6-7H,4-5,8H2,1-3H3,(H,15,16,18)(H,17,19,20). The molecule has 2 aromatic heterocycles. The molecule has 2 aromatic rings. The molecule has 0 amide bonds. The Morgan fingerprint density at radius 2 is 2.10 bits per heavy atom. The van der Waals surface area contributed by atoms with Gasteiger partial charge in [-0.3, -0.25) is 4.79 Å². The molecule has 0 bridgehead atoms. The summed E-state index contributed by atoms with van der Waals surface area (Å²) in [6.45, 7) is 6.21. The lowest BCUT2D eigenvalue weighted by molar-refractivity contribution is 0.866. The van der Waals surface area contributed by atoms with Crippen LogP contribution in [0.3, 0.4) is 0 Å². The maximum atomic E-state index is 11.4. The number of aromatic amines is 1. The van der Waals surface area contributed by atoms with E-state index in [2.05, 4.69) is 32.2 Å². The van der Waals surface area contributed by atoms with Gasteiger partial charge in [0.25, 0.3) is 5.56 Å². The Morgan fingerprint density at radius 3 is 2.80 bits per heavy atom. The van der Waals surface area contributed by atoms with E-state index in [0.717, 1.165) is 30.0 Å². The van der Waals surface area contributed by atoms with Gasteiger partial charge in [-0.05, 0) is 20.3 Å². The summed E-state index contributed by atoms with van der Waals surface area (Å²) in [5.74, 6) is 2.13. The van der Waals surface area contributed by atoms with Crippen LogP contribution in [-0.2, 0) is 13.0 Å². The third kappa shape index (κ3) is 3.63. The number of aromatic nitrogens is 4. The fourth-order valence-electron chi connectivity index (χ4n) is 1.99. The Labute approximate surface area is 117 Å². The lowest BCUT2D eigenvalue weighted by Crippen LogP contribution is -2.15. The van der Waals surface area contributed by atoms with E-state index in [1.807, 2.05) is 13.1 Å². The Hall–Kier alpha value is -2.24. The van der Waals surface area contributed by atoms with Crippen LogP contribution in [-0.4, -0.2) is 19.9 Å². The molecule has 0 spiro atoms. The van der Waals surface area contributed by atoms with Gasteiger partial charge in [0.2, 0.25) is 0 Å². The van der Waals surface area contributed by atoms with E-state index < -0.39 is 0 Å². The summed E-state index contributed by atoms with van der Waals surface area (Å²) in [5.41, 5.74) is 1.65. The van der Waals surface area contributed by atoms with Gasteiger partial charge in [-0.2, -0.15) is 0 Å². The molecule has 0 saturated heterocycles. The number of aryl methyl sites for hydroxylation is 3. The SMILES string of the molecule is CCCc1cnc(C)nc1NCc1nc(C)cc(=O)[nH]1. The second kappa shape index (κ2) is 6.27. The second-order valence-corrected chi connectivity index (χ2v) is 4.73. The molecule has 0 unspecified atom stereocenters. The molecule has 2 N–H and O–H groups in total. The zero-order valence-electron chi connectivity index (χ0n) is 12.0. The van der Waals surface area contributed by atoms with Crippen molar-refractivity contribution in [2.45, 2.75) is 40.2 Å². The lowest BCUT2D eigenvalue weighted by atomic mass is 10.2. The maximum absolute atomic E-state index is 11.4. The van der Waals surface area contributed by atoms with Crippen molar-refractivity contribution >= 4 is 5.82 Å². The van der Waals surface area contributed by atoms with Crippen LogP contribution in [0.2, 0.25) is 0 Å². The summed E-state index contributed by atoms with van der Waals surface area (Å²) in [6.07, 6.45) is 3.79. The van der Waals surface area contributed by atoms with Crippen LogP contribution in [0.15, 0.2) is 17.1 Å². The Balaban J connectivity index is 2.17. The summed E-state index contributed by atoms with van der Waals surface area (Å²) in [7, 11) is 0. The first-order valence-corrected chi connectivity index (χ1v) is 6.71. The molecular formula is C14H19N5O. The monoisotopic (exact) mass is 273 g/mol. The number of anilines is 1. The number of hydrogen-bond acceptors (Lipinski definition) is 5. The van der Waals surface area contributed by atoms with Crippen molar-refractivity contribution in [3.8, 4) is 0 Å². The van der Waals surface area contributed by atoms with Crippen molar-refractivity contribution in [3.05, 3.63) is 45.5 Å². The molecule has 0 fully saturated rings. The van der Waals surface area contributed by atoms with Crippen LogP contribution in [0.1, 0.15) is 36.3 Å². The van der Waals surface area contributed by atoms with Crippen molar-refractivity contribution < 1.29 is 0 Å². The van der Waals surface area contributed by atoms with Gasteiger partial charge in [-0.15, -0.1) is 0 Å². The van der Waals surface area contributed by atoms with Crippen molar-refractivity contribution in [1.29, 1.82) is 0 Å². The third-order valence-electron chi connectivity index (χ3n) is 2.85. The minimum absolute atomic E-state index is 0.137. The summed E-state index contributed by atoms with van der Waals surface area (Å²) in [5, 5.41) is 3.23. The summed E-state index contributed by atoms with van der Waals surface area (Å²) in [6, 6.07) is 1.47. The zero-order chi connectivity index (χ0) is 14.5.